The van der Waals surface area contributed by atoms with E-state index in [1.165, 1.54) is 27.1 Å². The molecule has 0 amide bonds. The number of aromatic nitrogens is 3. The van der Waals surface area contributed by atoms with Crippen LogP contribution in [0.2, 0.25) is 0 Å². The summed E-state index contributed by atoms with van der Waals surface area (Å²) in [5, 5.41) is 5.83. The van der Waals surface area contributed by atoms with Crippen LogP contribution in [0.5, 0.6) is 0 Å². The Labute approximate surface area is 214 Å². The van der Waals surface area contributed by atoms with E-state index in [0.29, 0.717) is 0 Å². The minimum absolute atomic E-state index is 0.827. The Hall–Kier alpha value is -5.02. The monoisotopic (exact) mass is 473 g/mol. The van der Waals surface area contributed by atoms with Crippen LogP contribution < -0.4 is 5.22 Å². The lowest BCUT2D eigenvalue weighted by atomic mass is 9.90. The topological polar surface area (TPSA) is 30.7 Å². The molecular formula is C34H23N3. The molecule has 0 aliphatic carbocycles. The molecule has 174 valence electrons. The van der Waals surface area contributed by atoms with Crippen molar-refractivity contribution in [2.75, 3.05) is 0 Å². The van der Waals surface area contributed by atoms with Gasteiger partial charge in [0.05, 0.1) is 11.0 Å². The fraction of sp³-hybridized carbons (Fsp3) is 0. The molecule has 3 nitrogen and oxygen atoms in total. The lowest BCUT2D eigenvalue weighted by Gasteiger charge is -2.15. The molecule has 0 saturated heterocycles. The van der Waals surface area contributed by atoms with Gasteiger partial charge in [-0.25, -0.2) is 4.98 Å². The average molecular weight is 474 g/mol. The lowest BCUT2D eigenvalue weighted by Crippen LogP contribution is -2.02. The van der Waals surface area contributed by atoms with Crippen LogP contribution in [0.4, 0.5) is 0 Å². The number of hydrogen-bond donors (Lipinski definition) is 0. The summed E-state index contributed by atoms with van der Waals surface area (Å²) in [6, 6.07) is 35.9. The van der Waals surface area contributed by atoms with Crippen molar-refractivity contribution < 1.29 is 0 Å². The summed E-state index contributed by atoms with van der Waals surface area (Å²) in [7, 11) is 0. The number of imidazole rings is 1. The minimum Gasteiger partial charge on any atom is -0.291 e. The molecule has 0 aliphatic rings. The van der Waals surface area contributed by atoms with E-state index in [9.17, 15) is 0 Å². The molecular weight excluding hydrogens is 450 g/mol. The van der Waals surface area contributed by atoms with E-state index in [0.717, 1.165) is 44.6 Å². The van der Waals surface area contributed by atoms with Gasteiger partial charge in [0.2, 0.25) is 0 Å². The third-order valence-electron chi connectivity index (χ3n) is 7.12. The summed E-state index contributed by atoms with van der Waals surface area (Å²) in [5.74, 6) is 0.827. The summed E-state index contributed by atoms with van der Waals surface area (Å²) >= 11 is 0. The van der Waals surface area contributed by atoms with Crippen LogP contribution in [0.15, 0.2) is 116 Å². The first-order valence-corrected chi connectivity index (χ1v) is 12.3. The SMILES string of the molecule is C=Cc1ccc2c(-c3cccc(-n4c(-c5ccccn5)nc5ccccc54)c3)ccc3ccc(=C)c1c32. The fourth-order valence-corrected chi connectivity index (χ4v) is 5.44. The molecule has 5 aromatic carbocycles. The smallest absolute Gasteiger partial charge is 0.164 e. The van der Waals surface area contributed by atoms with E-state index in [4.69, 9.17) is 4.98 Å². The summed E-state index contributed by atoms with van der Waals surface area (Å²) in [6.45, 7) is 8.35. The number of rotatable bonds is 4. The molecule has 7 rings (SSSR count). The molecule has 0 atom stereocenters. The Morgan fingerprint density at radius 3 is 2.49 bits per heavy atom. The van der Waals surface area contributed by atoms with Gasteiger partial charge in [0.25, 0.3) is 0 Å². The Kier molecular flexibility index (Phi) is 4.76. The first-order valence-electron chi connectivity index (χ1n) is 12.3. The third-order valence-corrected chi connectivity index (χ3v) is 7.12. The zero-order valence-electron chi connectivity index (χ0n) is 20.2. The highest BCUT2D eigenvalue weighted by Gasteiger charge is 2.16. The predicted octanol–water partition coefficient (Wildman–Crippen LogP) is 7.83. The first kappa shape index (κ1) is 21.3. The predicted molar refractivity (Wildman–Crippen MR) is 156 cm³/mol. The van der Waals surface area contributed by atoms with Gasteiger partial charge in [-0.3, -0.25) is 9.55 Å². The maximum atomic E-state index is 4.95. The van der Waals surface area contributed by atoms with Gasteiger partial charge in [-0.1, -0.05) is 86.0 Å². The van der Waals surface area contributed by atoms with Gasteiger partial charge in [0.15, 0.2) is 5.82 Å². The molecule has 0 fully saturated rings. The van der Waals surface area contributed by atoms with E-state index in [1.54, 1.807) is 0 Å². The van der Waals surface area contributed by atoms with Gasteiger partial charge in [0.1, 0.15) is 5.69 Å². The summed E-state index contributed by atoms with van der Waals surface area (Å²) in [5.41, 5.74) is 7.32. The summed E-state index contributed by atoms with van der Waals surface area (Å²) < 4.78 is 2.20. The normalized spacial score (nSPS) is 11.5. The molecule has 0 spiro atoms. The fourth-order valence-electron chi connectivity index (χ4n) is 5.44. The van der Waals surface area contributed by atoms with E-state index in [-0.39, 0.29) is 0 Å². The van der Waals surface area contributed by atoms with Crippen molar-refractivity contribution in [2.24, 2.45) is 0 Å². The van der Waals surface area contributed by atoms with Gasteiger partial charge in [0, 0.05) is 11.9 Å². The van der Waals surface area contributed by atoms with Crippen LogP contribution in [0.25, 0.3) is 73.6 Å². The van der Waals surface area contributed by atoms with Crippen molar-refractivity contribution >= 4 is 45.2 Å². The standard InChI is InChI=1S/C34H23N3/c1-3-23-16-19-28-27(18-17-24-15-14-22(2)32(23)33(24)28)25-9-8-10-26(21-25)37-31-13-5-4-11-29(31)36-34(37)30-12-6-7-20-35-30/h3-21H,1-2H2. The van der Waals surface area contributed by atoms with Crippen LogP contribution in [0, 0.1) is 0 Å². The molecule has 3 heteroatoms. The largest absolute Gasteiger partial charge is 0.291 e. The van der Waals surface area contributed by atoms with Crippen molar-refractivity contribution in [3.05, 3.63) is 127 Å². The molecule has 7 aromatic rings. The molecule has 0 radical (unpaired) electrons. The van der Waals surface area contributed by atoms with Crippen molar-refractivity contribution in [1.82, 2.24) is 14.5 Å². The van der Waals surface area contributed by atoms with Gasteiger partial charge in [-0.2, -0.15) is 0 Å². The zero-order chi connectivity index (χ0) is 24.9. The Bertz CT molecular complexity index is 2020. The van der Waals surface area contributed by atoms with Crippen molar-refractivity contribution in [3.63, 3.8) is 0 Å². The van der Waals surface area contributed by atoms with Gasteiger partial charge in [-0.05, 0) is 79.9 Å². The van der Waals surface area contributed by atoms with E-state index < -0.39 is 0 Å². The van der Waals surface area contributed by atoms with Crippen LogP contribution in [-0.4, -0.2) is 14.5 Å². The van der Waals surface area contributed by atoms with E-state index in [2.05, 4.69) is 95.5 Å². The molecule has 2 aromatic heterocycles. The van der Waals surface area contributed by atoms with Gasteiger partial charge >= 0.3 is 0 Å². The maximum absolute atomic E-state index is 4.95. The summed E-state index contributed by atoms with van der Waals surface area (Å²) in [6.07, 6.45) is 3.73. The van der Waals surface area contributed by atoms with Crippen LogP contribution in [-0.2, 0) is 0 Å². The van der Waals surface area contributed by atoms with Crippen LogP contribution >= 0.6 is 0 Å². The highest BCUT2D eigenvalue weighted by molar-refractivity contribution is 6.17. The van der Waals surface area contributed by atoms with Crippen LogP contribution in [0.3, 0.4) is 0 Å². The average Bonchev–Trinajstić information content (AvgIpc) is 3.35. The maximum Gasteiger partial charge on any atom is 0.164 e. The number of fused-ring (bicyclic) bond motifs is 1. The van der Waals surface area contributed by atoms with Crippen molar-refractivity contribution in [2.45, 2.75) is 0 Å². The van der Waals surface area contributed by atoms with E-state index >= 15 is 0 Å². The molecule has 0 unspecified atom stereocenters. The second-order valence-corrected chi connectivity index (χ2v) is 9.24. The second kappa shape index (κ2) is 8.28. The summed E-state index contributed by atoms with van der Waals surface area (Å²) in [4.78, 5) is 9.56. The van der Waals surface area contributed by atoms with Crippen molar-refractivity contribution in [1.29, 1.82) is 0 Å². The quantitative estimate of drug-likeness (QED) is 0.261. The molecule has 2 heterocycles. The Morgan fingerprint density at radius 1 is 0.757 bits per heavy atom. The number of hydrogen-bond acceptors (Lipinski definition) is 2. The highest BCUT2D eigenvalue weighted by Crippen LogP contribution is 2.37. The molecule has 37 heavy (non-hydrogen) atoms. The molecule has 0 bridgehead atoms. The lowest BCUT2D eigenvalue weighted by molar-refractivity contribution is 1.08. The minimum atomic E-state index is 0.827. The van der Waals surface area contributed by atoms with Gasteiger partial charge < -0.3 is 0 Å². The molecule has 0 aliphatic heterocycles. The van der Waals surface area contributed by atoms with Crippen LogP contribution in [0.1, 0.15) is 5.56 Å². The number of benzene rings is 5. The Balaban J connectivity index is 1.49. The molecule has 0 saturated carbocycles. The zero-order valence-corrected chi connectivity index (χ0v) is 20.2. The Morgan fingerprint density at radius 2 is 1.62 bits per heavy atom. The molecule has 0 N–H and O–H groups in total. The number of pyridine rings is 1. The van der Waals surface area contributed by atoms with Crippen molar-refractivity contribution in [3.8, 4) is 28.3 Å². The van der Waals surface area contributed by atoms with E-state index in [1.807, 2.05) is 42.6 Å². The number of nitrogens with zero attached hydrogens (tertiary/aromatic N) is 3. The third kappa shape index (κ3) is 3.29. The second-order valence-electron chi connectivity index (χ2n) is 9.24. The highest BCUT2D eigenvalue weighted by atomic mass is 15.1. The first-order chi connectivity index (χ1) is 18.2. The number of para-hydroxylation sites is 2. The van der Waals surface area contributed by atoms with Gasteiger partial charge in [-0.15, -0.1) is 0 Å².